The molecule has 0 aliphatic carbocycles. The van der Waals surface area contributed by atoms with Gasteiger partial charge in [-0.2, -0.15) is 0 Å². The molecule has 0 aliphatic heterocycles. The molecule has 0 saturated heterocycles. The van der Waals surface area contributed by atoms with Gasteiger partial charge in [-0.1, -0.05) is 13.3 Å². The molecule has 1 N–H and O–H groups in total. The lowest BCUT2D eigenvalue weighted by atomic mass is 10.3. The van der Waals surface area contributed by atoms with Crippen LogP contribution in [0.2, 0.25) is 0 Å². The van der Waals surface area contributed by atoms with E-state index < -0.39 is 4.92 Å². The van der Waals surface area contributed by atoms with Gasteiger partial charge in [0.2, 0.25) is 0 Å². The number of halogens is 1. The standard InChI is InChI=1S/C11H16ClN3O3/c1-2-3-5-14(6-4-12)11(16)10-7-9(8-13-10)15(17)18/h7-8,13H,2-6H2,1H3. The van der Waals surface area contributed by atoms with Crippen LogP contribution in [0.1, 0.15) is 30.3 Å². The minimum absolute atomic E-state index is 0.111. The van der Waals surface area contributed by atoms with Crippen LogP contribution in [0.15, 0.2) is 12.3 Å². The first kappa shape index (κ1) is 14.5. The second-order valence-electron chi connectivity index (χ2n) is 3.86. The summed E-state index contributed by atoms with van der Waals surface area (Å²) in [4.78, 5) is 26.3. The Morgan fingerprint density at radius 1 is 1.56 bits per heavy atom. The van der Waals surface area contributed by atoms with Crippen molar-refractivity contribution in [3.8, 4) is 0 Å². The number of H-pyrrole nitrogens is 1. The lowest BCUT2D eigenvalue weighted by Crippen LogP contribution is -2.33. The van der Waals surface area contributed by atoms with Crippen LogP contribution in [-0.2, 0) is 0 Å². The smallest absolute Gasteiger partial charge is 0.287 e. The first-order valence-electron chi connectivity index (χ1n) is 5.78. The van der Waals surface area contributed by atoms with Gasteiger partial charge in [0.1, 0.15) is 5.69 Å². The van der Waals surface area contributed by atoms with Gasteiger partial charge in [-0.25, -0.2) is 0 Å². The van der Waals surface area contributed by atoms with Gasteiger partial charge in [-0.3, -0.25) is 14.9 Å². The Bertz CT molecular complexity index is 419. The predicted molar refractivity (Wildman–Crippen MR) is 69.0 cm³/mol. The Balaban J connectivity index is 2.77. The number of rotatable bonds is 7. The normalized spacial score (nSPS) is 10.3. The molecule has 0 spiro atoms. The quantitative estimate of drug-likeness (QED) is 0.471. The highest BCUT2D eigenvalue weighted by Crippen LogP contribution is 2.14. The van der Waals surface area contributed by atoms with Crippen LogP contribution < -0.4 is 0 Å². The van der Waals surface area contributed by atoms with Crippen molar-refractivity contribution in [3.63, 3.8) is 0 Å². The zero-order valence-electron chi connectivity index (χ0n) is 10.2. The lowest BCUT2D eigenvalue weighted by molar-refractivity contribution is -0.384. The summed E-state index contributed by atoms with van der Waals surface area (Å²) in [7, 11) is 0. The van der Waals surface area contributed by atoms with Crippen molar-refractivity contribution in [2.45, 2.75) is 19.8 Å². The van der Waals surface area contributed by atoms with Crippen LogP contribution in [0, 0.1) is 10.1 Å². The number of hydrogen-bond donors (Lipinski definition) is 1. The van der Waals surface area contributed by atoms with E-state index in [0.717, 1.165) is 12.8 Å². The fraction of sp³-hybridized carbons (Fsp3) is 0.545. The van der Waals surface area contributed by atoms with Crippen LogP contribution in [0.5, 0.6) is 0 Å². The molecule has 0 fully saturated rings. The zero-order chi connectivity index (χ0) is 13.5. The number of alkyl halides is 1. The maximum atomic E-state index is 12.1. The van der Waals surface area contributed by atoms with Crippen molar-refractivity contribution in [2.24, 2.45) is 0 Å². The molecule has 0 atom stereocenters. The van der Waals surface area contributed by atoms with Crippen molar-refractivity contribution in [1.82, 2.24) is 9.88 Å². The Labute approximate surface area is 110 Å². The molecule has 18 heavy (non-hydrogen) atoms. The van der Waals surface area contributed by atoms with Crippen molar-refractivity contribution < 1.29 is 9.72 Å². The molecule has 0 radical (unpaired) electrons. The van der Waals surface area contributed by atoms with Crippen molar-refractivity contribution >= 4 is 23.2 Å². The molecule has 0 saturated carbocycles. The first-order chi connectivity index (χ1) is 8.60. The Kier molecular flexibility index (Phi) is 5.64. The average Bonchev–Trinajstić information content (AvgIpc) is 2.83. The van der Waals surface area contributed by atoms with E-state index in [1.807, 2.05) is 6.92 Å². The van der Waals surface area contributed by atoms with Crippen molar-refractivity contribution in [3.05, 3.63) is 28.1 Å². The number of carbonyl (C=O) groups is 1. The van der Waals surface area contributed by atoms with Gasteiger partial charge in [-0.05, 0) is 6.42 Å². The first-order valence-corrected chi connectivity index (χ1v) is 6.31. The highest BCUT2D eigenvalue weighted by Gasteiger charge is 2.19. The number of aromatic amines is 1. The van der Waals surface area contributed by atoms with Crippen LogP contribution in [0.25, 0.3) is 0 Å². The molecule has 7 heteroatoms. The predicted octanol–water partition coefficient (Wildman–Crippen LogP) is 2.40. The largest absolute Gasteiger partial charge is 0.351 e. The number of amides is 1. The van der Waals surface area contributed by atoms with E-state index in [1.54, 1.807) is 4.90 Å². The topological polar surface area (TPSA) is 79.2 Å². The Hall–Kier alpha value is -1.56. The summed E-state index contributed by atoms with van der Waals surface area (Å²) in [6.45, 7) is 3.07. The third kappa shape index (κ3) is 3.73. The number of aromatic nitrogens is 1. The van der Waals surface area contributed by atoms with Gasteiger partial charge in [0, 0.05) is 25.0 Å². The van der Waals surface area contributed by atoms with E-state index in [2.05, 4.69) is 4.98 Å². The summed E-state index contributed by atoms with van der Waals surface area (Å²) in [5.41, 5.74) is 0.114. The zero-order valence-corrected chi connectivity index (χ0v) is 10.9. The maximum Gasteiger partial charge on any atom is 0.287 e. The fourth-order valence-corrected chi connectivity index (χ4v) is 1.75. The number of unbranched alkanes of at least 4 members (excludes halogenated alkanes) is 1. The highest BCUT2D eigenvalue weighted by atomic mass is 35.5. The van der Waals surface area contributed by atoms with E-state index in [9.17, 15) is 14.9 Å². The van der Waals surface area contributed by atoms with Gasteiger partial charge in [0.05, 0.1) is 11.1 Å². The molecule has 1 rings (SSSR count). The highest BCUT2D eigenvalue weighted by molar-refractivity contribution is 6.18. The molecule has 0 aliphatic rings. The molecular formula is C11H16ClN3O3. The molecule has 1 aromatic heterocycles. The van der Waals surface area contributed by atoms with Gasteiger partial charge in [-0.15, -0.1) is 11.6 Å². The van der Waals surface area contributed by atoms with Crippen molar-refractivity contribution in [2.75, 3.05) is 19.0 Å². The fourth-order valence-electron chi connectivity index (χ4n) is 1.55. The molecule has 1 amide bonds. The van der Waals surface area contributed by atoms with Gasteiger partial charge in [0.25, 0.3) is 11.6 Å². The van der Waals surface area contributed by atoms with Gasteiger partial charge in [0.15, 0.2) is 0 Å². The Morgan fingerprint density at radius 2 is 2.28 bits per heavy atom. The van der Waals surface area contributed by atoms with E-state index in [0.29, 0.717) is 19.0 Å². The summed E-state index contributed by atoms with van der Waals surface area (Å²) in [6.07, 6.45) is 3.06. The molecule has 0 unspecified atom stereocenters. The molecule has 0 bridgehead atoms. The summed E-state index contributed by atoms with van der Waals surface area (Å²) in [5, 5.41) is 10.5. The number of carbonyl (C=O) groups excluding carboxylic acids is 1. The molecule has 6 nitrogen and oxygen atoms in total. The summed E-state index contributed by atoms with van der Waals surface area (Å²) in [5.74, 6) is 0.0929. The second kappa shape index (κ2) is 7.00. The number of nitro groups is 1. The van der Waals surface area contributed by atoms with Crippen LogP contribution in [-0.4, -0.2) is 39.7 Å². The summed E-state index contributed by atoms with van der Waals surface area (Å²) >= 11 is 5.65. The van der Waals surface area contributed by atoms with Gasteiger partial charge >= 0.3 is 0 Å². The molecule has 1 aromatic rings. The molecular weight excluding hydrogens is 258 g/mol. The molecule has 1 heterocycles. The minimum atomic E-state index is -0.536. The number of nitrogens with zero attached hydrogens (tertiary/aromatic N) is 2. The van der Waals surface area contributed by atoms with Crippen LogP contribution in [0.4, 0.5) is 5.69 Å². The number of hydrogen-bond acceptors (Lipinski definition) is 3. The third-order valence-electron chi connectivity index (χ3n) is 2.53. The summed E-state index contributed by atoms with van der Waals surface area (Å²) in [6, 6.07) is 1.25. The van der Waals surface area contributed by atoms with Crippen molar-refractivity contribution in [1.29, 1.82) is 0 Å². The van der Waals surface area contributed by atoms with Crippen LogP contribution in [0.3, 0.4) is 0 Å². The van der Waals surface area contributed by atoms with E-state index >= 15 is 0 Å². The molecule has 0 aromatic carbocycles. The monoisotopic (exact) mass is 273 g/mol. The van der Waals surface area contributed by atoms with Gasteiger partial charge < -0.3 is 9.88 Å². The summed E-state index contributed by atoms with van der Waals surface area (Å²) < 4.78 is 0. The maximum absolute atomic E-state index is 12.1. The van der Waals surface area contributed by atoms with Crippen LogP contribution >= 0.6 is 11.6 Å². The average molecular weight is 274 g/mol. The number of nitrogens with one attached hydrogen (secondary N) is 1. The third-order valence-corrected chi connectivity index (χ3v) is 2.70. The van der Waals surface area contributed by atoms with E-state index in [1.165, 1.54) is 12.3 Å². The van der Waals surface area contributed by atoms with E-state index in [-0.39, 0.29) is 17.3 Å². The Morgan fingerprint density at radius 3 is 2.78 bits per heavy atom. The lowest BCUT2D eigenvalue weighted by Gasteiger charge is -2.20. The SMILES string of the molecule is CCCCN(CCCl)C(=O)c1cc([N+](=O)[O-])c[nH]1. The molecule has 100 valence electrons. The minimum Gasteiger partial charge on any atom is -0.351 e. The second-order valence-corrected chi connectivity index (χ2v) is 4.24. The van der Waals surface area contributed by atoms with E-state index in [4.69, 9.17) is 11.6 Å².